The molecule has 1 aromatic carbocycles. The molecule has 0 saturated carbocycles. The molecule has 0 heterocycles. The second-order valence-electron chi connectivity index (χ2n) is 3.53. The predicted molar refractivity (Wildman–Crippen MR) is 51.4 cm³/mol. The van der Waals surface area contributed by atoms with Crippen molar-refractivity contribution in [1.82, 2.24) is 0 Å². The van der Waals surface area contributed by atoms with Crippen molar-refractivity contribution in [3.05, 3.63) is 30.3 Å². The third kappa shape index (κ3) is 2.57. The fourth-order valence-electron chi connectivity index (χ4n) is 0.880. The molecule has 0 atom stereocenters. The molecule has 0 bridgehead atoms. The standard InChI is InChI=1S/C11H16O/c1-4-11(2,3)12-10-8-6-5-7-9-10/h5-9H,4H2,1-3H3. The minimum Gasteiger partial charge on any atom is -0.488 e. The first-order valence-corrected chi connectivity index (χ1v) is 4.38. The van der Waals surface area contributed by atoms with Gasteiger partial charge in [0.1, 0.15) is 11.4 Å². The highest BCUT2D eigenvalue weighted by atomic mass is 16.5. The molecular formula is C11H16O. The fourth-order valence-corrected chi connectivity index (χ4v) is 0.880. The average molecular weight is 164 g/mol. The number of rotatable bonds is 3. The zero-order valence-corrected chi connectivity index (χ0v) is 8.00. The molecule has 66 valence electrons. The van der Waals surface area contributed by atoms with Gasteiger partial charge in [0.15, 0.2) is 0 Å². The molecule has 0 N–H and O–H groups in total. The van der Waals surface area contributed by atoms with Gasteiger partial charge in [-0.05, 0) is 32.4 Å². The highest BCUT2D eigenvalue weighted by Crippen LogP contribution is 2.19. The van der Waals surface area contributed by atoms with Gasteiger partial charge in [-0.2, -0.15) is 0 Å². The molecule has 0 radical (unpaired) electrons. The Labute approximate surface area is 74.4 Å². The number of benzene rings is 1. The van der Waals surface area contributed by atoms with Crippen molar-refractivity contribution in [2.45, 2.75) is 32.8 Å². The van der Waals surface area contributed by atoms with Gasteiger partial charge in [-0.3, -0.25) is 0 Å². The van der Waals surface area contributed by atoms with Gasteiger partial charge >= 0.3 is 0 Å². The van der Waals surface area contributed by atoms with Gasteiger partial charge in [0.2, 0.25) is 0 Å². The Bertz CT molecular complexity index is 226. The molecule has 1 rings (SSSR count). The summed E-state index contributed by atoms with van der Waals surface area (Å²) in [4.78, 5) is 0. The van der Waals surface area contributed by atoms with E-state index in [2.05, 4.69) is 20.8 Å². The van der Waals surface area contributed by atoms with Crippen molar-refractivity contribution in [2.75, 3.05) is 0 Å². The molecule has 0 saturated heterocycles. The van der Waals surface area contributed by atoms with Gasteiger partial charge in [-0.1, -0.05) is 25.1 Å². The Kier molecular flexibility index (Phi) is 2.74. The van der Waals surface area contributed by atoms with Gasteiger partial charge < -0.3 is 4.74 Å². The van der Waals surface area contributed by atoms with E-state index in [4.69, 9.17) is 4.74 Å². The first kappa shape index (κ1) is 9.11. The fraction of sp³-hybridized carbons (Fsp3) is 0.455. The van der Waals surface area contributed by atoms with E-state index < -0.39 is 0 Å². The SMILES string of the molecule is CCC(C)(C)Oc1ccccc1. The van der Waals surface area contributed by atoms with Crippen molar-refractivity contribution in [1.29, 1.82) is 0 Å². The second-order valence-corrected chi connectivity index (χ2v) is 3.53. The molecule has 12 heavy (non-hydrogen) atoms. The molecule has 1 nitrogen and oxygen atoms in total. The first-order valence-electron chi connectivity index (χ1n) is 4.38. The summed E-state index contributed by atoms with van der Waals surface area (Å²) in [5, 5.41) is 0. The van der Waals surface area contributed by atoms with E-state index in [9.17, 15) is 0 Å². The van der Waals surface area contributed by atoms with E-state index in [1.807, 2.05) is 30.3 Å². The lowest BCUT2D eigenvalue weighted by Crippen LogP contribution is -2.26. The normalized spacial score (nSPS) is 11.2. The van der Waals surface area contributed by atoms with Gasteiger partial charge in [-0.25, -0.2) is 0 Å². The summed E-state index contributed by atoms with van der Waals surface area (Å²) in [6.07, 6.45) is 1.02. The van der Waals surface area contributed by atoms with Gasteiger partial charge in [-0.15, -0.1) is 0 Å². The van der Waals surface area contributed by atoms with Crippen LogP contribution in [0, 0.1) is 0 Å². The van der Waals surface area contributed by atoms with Crippen molar-refractivity contribution >= 4 is 0 Å². The summed E-state index contributed by atoms with van der Waals surface area (Å²) in [7, 11) is 0. The lowest BCUT2D eigenvalue weighted by atomic mass is 10.1. The Hall–Kier alpha value is -0.980. The topological polar surface area (TPSA) is 9.23 Å². The minimum atomic E-state index is -0.0542. The maximum Gasteiger partial charge on any atom is 0.120 e. The van der Waals surface area contributed by atoms with Gasteiger partial charge in [0.05, 0.1) is 0 Å². The van der Waals surface area contributed by atoms with Crippen LogP contribution >= 0.6 is 0 Å². The Balaban J connectivity index is 2.64. The molecule has 0 amide bonds. The minimum absolute atomic E-state index is 0.0542. The number of hydrogen-bond acceptors (Lipinski definition) is 1. The van der Waals surface area contributed by atoms with Crippen LogP contribution in [0.2, 0.25) is 0 Å². The second kappa shape index (κ2) is 3.61. The summed E-state index contributed by atoms with van der Waals surface area (Å²) in [5.41, 5.74) is -0.0542. The summed E-state index contributed by atoms with van der Waals surface area (Å²) in [6, 6.07) is 9.93. The summed E-state index contributed by atoms with van der Waals surface area (Å²) >= 11 is 0. The van der Waals surface area contributed by atoms with E-state index >= 15 is 0 Å². The molecule has 0 spiro atoms. The Morgan fingerprint density at radius 2 is 1.75 bits per heavy atom. The van der Waals surface area contributed by atoms with E-state index in [-0.39, 0.29) is 5.60 Å². The zero-order chi connectivity index (χ0) is 9.03. The molecule has 0 aliphatic carbocycles. The maximum absolute atomic E-state index is 5.75. The maximum atomic E-state index is 5.75. The van der Waals surface area contributed by atoms with Crippen LogP contribution < -0.4 is 4.74 Å². The summed E-state index contributed by atoms with van der Waals surface area (Å²) < 4.78 is 5.75. The average Bonchev–Trinajstić information content (AvgIpc) is 2.06. The van der Waals surface area contributed by atoms with Crippen LogP contribution in [0.25, 0.3) is 0 Å². The van der Waals surface area contributed by atoms with Crippen molar-refractivity contribution in [2.24, 2.45) is 0 Å². The summed E-state index contributed by atoms with van der Waals surface area (Å²) in [6.45, 7) is 6.32. The van der Waals surface area contributed by atoms with E-state index in [0.29, 0.717) is 0 Å². The highest BCUT2D eigenvalue weighted by Gasteiger charge is 2.15. The highest BCUT2D eigenvalue weighted by molar-refractivity contribution is 5.21. The molecule has 1 heteroatoms. The van der Waals surface area contributed by atoms with Crippen LogP contribution in [0.4, 0.5) is 0 Å². The number of para-hydroxylation sites is 1. The Morgan fingerprint density at radius 3 is 2.25 bits per heavy atom. The van der Waals surface area contributed by atoms with Crippen molar-refractivity contribution in [3.8, 4) is 5.75 Å². The van der Waals surface area contributed by atoms with E-state index in [1.165, 1.54) is 0 Å². The molecule has 0 aliphatic rings. The first-order chi connectivity index (χ1) is 5.64. The molecule has 0 aliphatic heterocycles. The molecular weight excluding hydrogens is 148 g/mol. The van der Waals surface area contributed by atoms with E-state index in [1.54, 1.807) is 0 Å². The smallest absolute Gasteiger partial charge is 0.120 e. The summed E-state index contributed by atoms with van der Waals surface area (Å²) in [5.74, 6) is 0.948. The van der Waals surface area contributed by atoms with Gasteiger partial charge in [0, 0.05) is 0 Å². The zero-order valence-electron chi connectivity index (χ0n) is 8.00. The van der Waals surface area contributed by atoms with Crippen molar-refractivity contribution < 1.29 is 4.74 Å². The van der Waals surface area contributed by atoms with Crippen LogP contribution in [0.5, 0.6) is 5.75 Å². The van der Waals surface area contributed by atoms with Crippen LogP contribution in [0.3, 0.4) is 0 Å². The predicted octanol–water partition coefficient (Wildman–Crippen LogP) is 3.25. The molecule has 0 unspecified atom stereocenters. The number of ether oxygens (including phenoxy) is 1. The number of hydrogen-bond donors (Lipinski definition) is 0. The van der Waals surface area contributed by atoms with Crippen LogP contribution in [0.1, 0.15) is 27.2 Å². The van der Waals surface area contributed by atoms with Crippen LogP contribution in [0.15, 0.2) is 30.3 Å². The lowest BCUT2D eigenvalue weighted by molar-refractivity contribution is 0.105. The third-order valence-electron chi connectivity index (χ3n) is 1.99. The monoisotopic (exact) mass is 164 g/mol. The largest absolute Gasteiger partial charge is 0.488 e. The Morgan fingerprint density at radius 1 is 1.17 bits per heavy atom. The molecule has 0 fully saturated rings. The van der Waals surface area contributed by atoms with Crippen LogP contribution in [-0.2, 0) is 0 Å². The van der Waals surface area contributed by atoms with Crippen LogP contribution in [-0.4, -0.2) is 5.60 Å². The third-order valence-corrected chi connectivity index (χ3v) is 1.99. The van der Waals surface area contributed by atoms with Crippen molar-refractivity contribution in [3.63, 3.8) is 0 Å². The van der Waals surface area contributed by atoms with Gasteiger partial charge in [0.25, 0.3) is 0 Å². The molecule has 1 aromatic rings. The lowest BCUT2D eigenvalue weighted by Gasteiger charge is -2.24. The molecule has 0 aromatic heterocycles. The van der Waals surface area contributed by atoms with E-state index in [0.717, 1.165) is 12.2 Å². The quantitative estimate of drug-likeness (QED) is 0.666.